The quantitative estimate of drug-likeness (QED) is 0.775. The van der Waals surface area contributed by atoms with Crippen molar-refractivity contribution in [1.29, 1.82) is 0 Å². The number of ether oxygens (including phenoxy) is 1. The summed E-state index contributed by atoms with van der Waals surface area (Å²) in [6.07, 6.45) is 1.17. The third-order valence-electron chi connectivity index (χ3n) is 5.16. The van der Waals surface area contributed by atoms with Crippen molar-refractivity contribution in [2.24, 2.45) is 11.7 Å². The molecule has 2 aliphatic heterocycles. The van der Waals surface area contributed by atoms with Gasteiger partial charge in [-0.2, -0.15) is 0 Å². The van der Waals surface area contributed by atoms with Crippen LogP contribution < -0.4 is 5.73 Å². The zero-order valence-electron chi connectivity index (χ0n) is 13.4. The van der Waals surface area contributed by atoms with Crippen molar-refractivity contribution >= 4 is 6.09 Å². The first-order valence-electron chi connectivity index (χ1n) is 8.16. The van der Waals surface area contributed by atoms with Crippen LogP contribution in [0.15, 0.2) is 12.1 Å². The van der Waals surface area contributed by atoms with Gasteiger partial charge >= 0.3 is 6.09 Å². The summed E-state index contributed by atoms with van der Waals surface area (Å²) in [7, 11) is 0. The van der Waals surface area contributed by atoms with Crippen molar-refractivity contribution < 1.29 is 19.7 Å². The number of phenols is 1. The van der Waals surface area contributed by atoms with E-state index < -0.39 is 6.09 Å². The Balaban J connectivity index is 1.78. The summed E-state index contributed by atoms with van der Waals surface area (Å²) >= 11 is 0. The molecule has 2 unspecified atom stereocenters. The largest absolute Gasteiger partial charge is 0.507 e. The Morgan fingerprint density at radius 2 is 2.09 bits per heavy atom. The van der Waals surface area contributed by atoms with Crippen LogP contribution in [0.2, 0.25) is 0 Å². The lowest BCUT2D eigenvalue weighted by molar-refractivity contribution is -0.0634. The molecule has 4 N–H and O–H groups in total. The van der Waals surface area contributed by atoms with Gasteiger partial charge in [0, 0.05) is 31.6 Å². The van der Waals surface area contributed by atoms with Crippen LogP contribution in [0.25, 0.3) is 0 Å². The third-order valence-corrected chi connectivity index (χ3v) is 5.16. The summed E-state index contributed by atoms with van der Waals surface area (Å²) in [5, 5.41) is 19.5. The van der Waals surface area contributed by atoms with E-state index in [2.05, 4.69) is 0 Å². The number of piperidine rings is 1. The Labute approximate surface area is 135 Å². The van der Waals surface area contributed by atoms with Gasteiger partial charge in [-0.1, -0.05) is 12.1 Å². The van der Waals surface area contributed by atoms with Gasteiger partial charge in [0.05, 0.1) is 12.2 Å². The molecule has 6 heteroatoms. The number of fused-ring (bicyclic) bond motifs is 1. The standard InChI is InChI=1S/C17H24N2O4/c1-10-2-3-12-13(16(10)20)8-14(23-15(12)9-18)11-4-6-19(7-5-11)17(21)22/h2-3,11,14-15,20H,4-9,18H2,1H3,(H,21,22). The molecule has 3 rings (SSSR count). The average Bonchev–Trinajstić information content (AvgIpc) is 2.57. The number of hydrogen-bond acceptors (Lipinski definition) is 4. The number of carboxylic acid groups (broad SMARTS) is 1. The number of phenolic OH excluding ortho intramolecular Hbond substituents is 1. The smallest absolute Gasteiger partial charge is 0.407 e. The molecule has 23 heavy (non-hydrogen) atoms. The van der Waals surface area contributed by atoms with Crippen molar-refractivity contribution in [2.75, 3.05) is 19.6 Å². The lowest BCUT2D eigenvalue weighted by Crippen LogP contribution is -2.43. The van der Waals surface area contributed by atoms with E-state index in [0.717, 1.165) is 29.5 Å². The molecule has 0 spiro atoms. The van der Waals surface area contributed by atoms with E-state index in [1.165, 1.54) is 4.90 Å². The van der Waals surface area contributed by atoms with Crippen LogP contribution in [-0.2, 0) is 11.2 Å². The second-order valence-electron chi connectivity index (χ2n) is 6.51. The van der Waals surface area contributed by atoms with Gasteiger partial charge in [-0.05, 0) is 36.8 Å². The zero-order valence-corrected chi connectivity index (χ0v) is 13.4. The van der Waals surface area contributed by atoms with Gasteiger partial charge in [0.2, 0.25) is 0 Å². The topological polar surface area (TPSA) is 96.0 Å². The van der Waals surface area contributed by atoms with Gasteiger partial charge in [-0.25, -0.2) is 4.79 Å². The SMILES string of the molecule is Cc1ccc2c(c1O)CC(C1CCN(C(=O)O)CC1)OC2CN. The lowest BCUT2D eigenvalue weighted by Gasteiger charge is -2.40. The van der Waals surface area contributed by atoms with Crippen LogP contribution >= 0.6 is 0 Å². The van der Waals surface area contributed by atoms with Gasteiger partial charge in [0.1, 0.15) is 5.75 Å². The minimum absolute atomic E-state index is 0.0142. The second-order valence-corrected chi connectivity index (χ2v) is 6.51. The monoisotopic (exact) mass is 320 g/mol. The molecule has 1 saturated heterocycles. The molecule has 1 amide bonds. The summed E-state index contributed by atoms with van der Waals surface area (Å²) in [4.78, 5) is 12.5. The normalized spacial score (nSPS) is 25.2. The summed E-state index contributed by atoms with van der Waals surface area (Å²) in [5.74, 6) is 0.643. The van der Waals surface area contributed by atoms with Crippen molar-refractivity contribution in [1.82, 2.24) is 4.90 Å². The van der Waals surface area contributed by atoms with Crippen LogP contribution in [0, 0.1) is 12.8 Å². The van der Waals surface area contributed by atoms with Crippen molar-refractivity contribution in [3.05, 3.63) is 28.8 Å². The van der Waals surface area contributed by atoms with Crippen LogP contribution in [0.3, 0.4) is 0 Å². The van der Waals surface area contributed by atoms with Crippen molar-refractivity contribution in [2.45, 2.75) is 38.4 Å². The van der Waals surface area contributed by atoms with E-state index >= 15 is 0 Å². The molecular weight excluding hydrogens is 296 g/mol. The molecule has 126 valence electrons. The summed E-state index contributed by atoms with van der Waals surface area (Å²) in [5.41, 5.74) is 8.65. The lowest BCUT2D eigenvalue weighted by atomic mass is 9.83. The Morgan fingerprint density at radius 1 is 1.39 bits per heavy atom. The number of nitrogens with two attached hydrogens (primary N) is 1. The van der Waals surface area contributed by atoms with Crippen LogP contribution in [0.5, 0.6) is 5.75 Å². The van der Waals surface area contributed by atoms with Gasteiger partial charge in [0.15, 0.2) is 0 Å². The minimum atomic E-state index is -0.855. The molecule has 0 saturated carbocycles. The first kappa shape index (κ1) is 16.1. The highest BCUT2D eigenvalue weighted by Crippen LogP contribution is 2.40. The highest BCUT2D eigenvalue weighted by Gasteiger charge is 2.35. The number of amides is 1. The Kier molecular flexibility index (Phi) is 4.46. The molecular formula is C17H24N2O4. The molecule has 0 aromatic heterocycles. The number of benzene rings is 1. The zero-order chi connectivity index (χ0) is 16.6. The van der Waals surface area contributed by atoms with E-state index in [-0.39, 0.29) is 12.2 Å². The van der Waals surface area contributed by atoms with Gasteiger partial charge in [0.25, 0.3) is 0 Å². The highest BCUT2D eigenvalue weighted by atomic mass is 16.5. The molecule has 1 aromatic rings. The minimum Gasteiger partial charge on any atom is -0.507 e. The first-order valence-corrected chi connectivity index (χ1v) is 8.16. The Bertz CT molecular complexity index is 597. The van der Waals surface area contributed by atoms with Gasteiger partial charge in [-0.3, -0.25) is 0 Å². The number of aromatic hydroxyl groups is 1. The fourth-order valence-corrected chi connectivity index (χ4v) is 3.74. The fraction of sp³-hybridized carbons (Fsp3) is 0.588. The molecule has 2 heterocycles. The molecule has 6 nitrogen and oxygen atoms in total. The molecule has 0 radical (unpaired) electrons. The number of likely N-dealkylation sites (tertiary alicyclic amines) is 1. The Morgan fingerprint density at radius 3 is 2.70 bits per heavy atom. The number of hydrogen-bond donors (Lipinski definition) is 3. The summed E-state index contributed by atoms with van der Waals surface area (Å²) in [6, 6.07) is 3.89. The summed E-state index contributed by atoms with van der Waals surface area (Å²) < 4.78 is 6.19. The molecule has 0 aliphatic carbocycles. The third kappa shape index (κ3) is 3.01. The second kappa shape index (κ2) is 6.37. The molecule has 1 aromatic carbocycles. The highest BCUT2D eigenvalue weighted by molar-refractivity contribution is 5.65. The van der Waals surface area contributed by atoms with E-state index in [1.54, 1.807) is 0 Å². The van der Waals surface area contributed by atoms with E-state index in [9.17, 15) is 9.90 Å². The van der Waals surface area contributed by atoms with Crippen molar-refractivity contribution in [3.8, 4) is 5.75 Å². The predicted octanol–water partition coefficient (Wildman–Crippen LogP) is 2.03. The number of aryl methyl sites for hydroxylation is 1. The van der Waals surface area contributed by atoms with Crippen LogP contribution in [0.1, 0.15) is 35.6 Å². The molecule has 2 aliphatic rings. The van der Waals surface area contributed by atoms with Crippen LogP contribution in [-0.4, -0.2) is 46.9 Å². The average molecular weight is 320 g/mol. The van der Waals surface area contributed by atoms with Crippen LogP contribution in [0.4, 0.5) is 4.79 Å². The summed E-state index contributed by atoms with van der Waals surface area (Å²) in [6.45, 7) is 3.35. The number of carbonyl (C=O) groups is 1. The Hall–Kier alpha value is -1.79. The van der Waals surface area contributed by atoms with E-state index in [4.69, 9.17) is 15.6 Å². The maximum Gasteiger partial charge on any atom is 0.407 e. The predicted molar refractivity (Wildman–Crippen MR) is 85.5 cm³/mol. The maximum absolute atomic E-state index is 11.0. The van der Waals surface area contributed by atoms with Gasteiger partial charge in [-0.15, -0.1) is 0 Å². The van der Waals surface area contributed by atoms with Crippen molar-refractivity contribution in [3.63, 3.8) is 0 Å². The number of nitrogens with zero attached hydrogens (tertiary/aromatic N) is 1. The van der Waals surface area contributed by atoms with Gasteiger partial charge < -0.3 is 25.6 Å². The first-order chi connectivity index (χ1) is 11.0. The fourth-order valence-electron chi connectivity index (χ4n) is 3.74. The molecule has 2 atom stereocenters. The van der Waals surface area contributed by atoms with E-state index in [0.29, 0.717) is 37.7 Å². The maximum atomic E-state index is 11.0. The number of rotatable bonds is 2. The molecule has 1 fully saturated rings. The van der Waals surface area contributed by atoms with E-state index in [1.807, 2.05) is 19.1 Å². The molecule has 0 bridgehead atoms.